The van der Waals surface area contributed by atoms with E-state index in [4.69, 9.17) is 0 Å². The molecule has 3 heteroatoms. The monoisotopic (exact) mass is 262 g/mol. The van der Waals surface area contributed by atoms with E-state index in [0.29, 0.717) is 12.0 Å². The Bertz CT molecular complexity index is 388. The minimum Gasteiger partial charge on any atom is -0.394 e. The minimum absolute atomic E-state index is 0.248. The highest BCUT2D eigenvalue weighted by Gasteiger charge is 2.30. The van der Waals surface area contributed by atoms with Gasteiger partial charge in [-0.25, -0.2) is 0 Å². The summed E-state index contributed by atoms with van der Waals surface area (Å²) in [6.45, 7) is 8.76. The van der Waals surface area contributed by atoms with Crippen molar-refractivity contribution in [1.82, 2.24) is 5.32 Å². The van der Waals surface area contributed by atoms with Gasteiger partial charge in [0.15, 0.2) is 0 Å². The fraction of sp³-hybridized carbons (Fsp3) is 0.625. The summed E-state index contributed by atoms with van der Waals surface area (Å²) in [4.78, 5) is 2.34. The molecule has 1 aliphatic heterocycles. The Kier molecular flexibility index (Phi) is 4.83. The number of hydrogen-bond acceptors (Lipinski definition) is 3. The van der Waals surface area contributed by atoms with Crippen LogP contribution >= 0.6 is 0 Å². The number of anilines is 1. The zero-order valence-corrected chi connectivity index (χ0v) is 12.3. The molecule has 2 unspecified atom stereocenters. The molecular formula is C16H26N2O. The molecule has 106 valence electrons. The first-order valence-corrected chi connectivity index (χ1v) is 7.31. The number of benzene rings is 1. The SMILES string of the molecule is CC(C)NCc1ccc(N2CCC(C)C2CO)cc1. The largest absolute Gasteiger partial charge is 0.394 e. The van der Waals surface area contributed by atoms with Gasteiger partial charge in [0.25, 0.3) is 0 Å². The molecule has 0 aliphatic carbocycles. The van der Waals surface area contributed by atoms with Crippen molar-refractivity contribution in [1.29, 1.82) is 0 Å². The highest BCUT2D eigenvalue weighted by atomic mass is 16.3. The molecule has 0 aromatic heterocycles. The quantitative estimate of drug-likeness (QED) is 0.855. The average molecular weight is 262 g/mol. The predicted molar refractivity (Wildman–Crippen MR) is 80.4 cm³/mol. The highest BCUT2D eigenvalue weighted by molar-refractivity contribution is 5.49. The van der Waals surface area contributed by atoms with Crippen LogP contribution in [0.15, 0.2) is 24.3 Å². The first-order valence-electron chi connectivity index (χ1n) is 7.31. The summed E-state index contributed by atoms with van der Waals surface area (Å²) in [7, 11) is 0. The third kappa shape index (κ3) is 3.48. The van der Waals surface area contributed by atoms with E-state index in [1.165, 1.54) is 17.7 Å². The van der Waals surface area contributed by atoms with Gasteiger partial charge in [0.2, 0.25) is 0 Å². The fourth-order valence-electron chi connectivity index (χ4n) is 2.73. The Morgan fingerprint density at radius 1 is 1.32 bits per heavy atom. The van der Waals surface area contributed by atoms with Gasteiger partial charge in [-0.05, 0) is 30.0 Å². The Labute approximate surface area is 116 Å². The maximum Gasteiger partial charge on any atom is 0.0637 e. The molecule has 1 aromatic rings. The third-order valence-corrected chi connectivity index (χ3v) is 4.05. The lowest BCUT2D eigenvalue weighted by molar-refractivity contribution is 0.245. The molecule has 0 saturated carbocycles. The van der Waals surface area contributed by atoms with Crippen LogP contribution in [0.2, 0.25) is 0 Å². The zero-order valence-electron chi connectivity index (χ0n) is 12.3. The van der Waals surface area contributed by atoms with E-state index in [-0.39, 0.29) is 12.6 Å². The van der Waals surface area contributed by atoms with Crippen molar-refractivity contribution < 1.29 is 5.11 Å². The molecule has 19 heavy (non-hydrogen) atoms. The number of nitrogens with one attached hydrogen (secondary N) is 1. The topological polar surface area (TPSA) is 35.5 Å². The number of nitrogens with zero attached hydrogens (tertiary/aromatic N) is 1. The Morgan fingerprint density at radius 2 is 2.00 bits per heavy atom. The van der Waals surface area contributed by atoms with Crippen LogP contribution < -0.4 is 10.2 Å². The molecule has 3 nitrogen and oxygen atoms in total. The Morgan fingerprint density at radius 3 is 2.58 bits per heavy atom. The number of aliphatic hydroxyl groups excluding tert-OH is 1. The van der Waals surface area contributed by atoms with Crippen LogP contribution in [0.25, 0.3) is 0 Å². The smallest absolute Gasteiger partial charge is 0.0637 e. The molecule has 1 saturated heterocycles. The zero-order chi connectivity index (χ0) is 13.8. The van der Waals surface area contributed by atoms with Crippen LogP contribution in [0.3, 0.4) is 0 Å². The normalized spacial score (nSPS) is 23.3. The van der Waals surface area contributed by atoms with Crippen LogP contribution in [0, 0.1) is 5.92 Å². The lowest BCUT2D eigenvalue weighted by Gasteiger charge is -2.27. The van der Waals surface area contributed by atoms with Crippen molar-refractivity contribution in [2.24, 2.45) is 5.92 Å². The van der Waals surface area contributed by atoms with E-state index < -0.39 is 0 Å². The van der Waals surface area contributed by atoms with Gasteiger partial charge < -0.3 is 15.3 Å². The summed E-state index contributed by atoms with van der Waals surface area (Å²) in [6.07, 6.45) is 1.17. The van der Waals surface area contributed by atoms with Crippen molar-refractivity contribution >= 4 is 5.69 Å². The number of rotatable bonds is 5. The molecule has 1 aromatic carbocycles. The van der Waals surface area contributed by atoms with Gasteiger partial charge in [-0.1, -0.05) is 32.9 Å². The second-order valence-electron chi connectivity index (χ2n) is 5.91. The van der Waals surface area contributed by atoms with Gasteiger partial charge in [0.1, 0.15) is 0 Å². The predicted octanol–water partition coefficient (Wildman–Crippen LogP) is 2.39. The summed E-state index contributed by atoms with van der Waals surface area (Å²) in [5, 5.41) is 12.9. The minimum atomic E-state index is 0.248. The van der Waals surface area contributed by atoms with E-state index in [9.17, 15) is 5.11 Å². The second-order valence-corrected chi connectivity index (χ2v) is 5.91. The molecule has 2 atom stereocenters. The molecule has 0 bridgehead atoms. The molecule has 0 radical (unpaired) electrons. The van der Waals surface area contributed by atoms with Crippen molar-refractivity contribution in [2.75, 3.05) is 18.1 Å². The van der Waals surface area contributed by atoms with Gasteiger partial charge in [-0.3, -0.25) is 0 Å². The van der Waals surface area contributed by atoms with E-state index >= 15 is 0 Å². The third-order valence-electron chi connectivity index (χ3n) is 4.05. The molecule has 1 heterocycles. The lowest BCUT2D eigenvalue weighted by atomic mass is 10.0. The number of aliphatic hydroxyl groups is 1. The maximum absolute atomic E-state index is 9.52. The lowest BCUT2D eigenvalue weighted by Crippen LogP contribution is -2.35. The van der Waals surface area contributed by atoms with Crippen molar-refractivity contribution in [3.63, 3.8) is 0 Å². The van der Waals surface area contributed by atoms with Crippen LogP contribution in [0.1, 0.15) is 32.8 Å². The van der Waals surface area contributed by atoms with Crippen LogP contribution in [-0.2, 0) is 6.54 Å². The average Bonchev–Trinajstić information content (AvgIpc) is 2.78. The maximum atomic E-state index is 9.52. The fourth-order valence-corrected chi connectivity index (χ4v) is 2.73. The molecule has 0 spiro atoms. The van der Waals surface area contributed by atoms with Crippen molar-refractivity contribution in [3.8, 4) is 0 Å². The van der Waals surface area contributed by atoms with E-state index in [1.807, 2.05) is 0 Å². The second kappa shape index (κ2) is 6.40. The summed E-state index contributed by atoms with van der Waals surface area (Å²) < 4.78 is 0. The molecule has 2 rings (SSSR count). The van der Waals surface area contributed by atoms with Crippen LogP contribution in [-0.4, -0.2) is 30.3 Å². The van der Waals surface area contributed by atoms with Crippen LogP contribution in [0.5, 0.6) is 0 Å². The van der Waals surface area contributed by atoms with Gasteiger partial charge in [-0.2, -0.15) is 0 Å². The van der Waals surface area contributed by atoms with E-state index in [2.05, 4.69) is 55.3 Å². The molecule has 0 amide bonds. The van der Waals surface area contributed by atoms with Crippen LogP contribution in [0.4, 0.5) is 5.69 Å². The van der Waals surface area contributed by atoms with Gasteiger partial charge in [0, 0.05) is 24.8 Å². The summed E-state index contributed by atoms with van der Waals surface area (Å²) in [5.41, 5.74) is 2.54. The van der Waals surface area contributed by atoms with Gasteiger partial charge in [0.05, 0.1) is 12.6 Å². The van der Waals surface area contributed by atoms with E-state index in [1.54, 1.807) is 0 Å². The van der Waals surface area contributed by atoms with Crippen molar-refractivity contribution in [2.45, 2.75) is 45.8 Å². The Hall–Kier alpha value is -1.06. The standard InChI is InChI=1S/C16H26N2O/c1-12(2)17-10-14-4-6-15(7-5-14)18-9-8-13(3)16(18)11-19/h4-7,12-13,16-17,19H,8-11H2,1-3H3. The molecule has 1 fully saturated rings. The number of hydrogen-bond donors (Lipinski definition) is 2. The summed E-state index contributed by atoms with van der Waals surface area (Å²) in [6, 6.07) is 9.51. The van der Waals surface area contributed by atoms with Gasteiger partial charge in [-0.15, -0.1) is 0 Å². The van der Waals surface area contributed by atoms with E-state index in [0.717, 1.165) is 13.1 Å². The first-order chi connectivity index (χ1) is 9.11. The molecule has 1 aliphatic rings. The first kappa shape index (κ1) is 14.4. The molecule has 2 N–H and O–H groups in total. The highest BCUT2D eigenvalue weighted by Crippen LogP contribution is 2.29. The van der Waals surface area contributed by atoms with Gasteiger partial charge >= 0.3 is 0 Å². The summed E-state index contributed by atoms with van der Waals surface area (Å²) >= 11 is 0. The van der Waals surface area contributed by atoms with Crippen molar-refractivity contribution in [3.05, 3.63) is 29.8 Å². The Balaban J connectivity index is 2.02. The summed E-state index contributed by atoms with van der Waals surface area (Å²) in [5.74, 6) is 0.576. The molecular weight excluding hydrogens is 236 g/mol.